The van der Waals surface area contributed by atoms with E-state index in [1.165, 1.54) is 12.1 Å². The third-order valence-electron chi connectivity index (χ3n) is 3.86. The van der Waals surface area contributed by atoms with Crippen LogP contribution in [0.25, 0.3) is 10.2 Å². The van der Waals surface area contributed by atoms with Gasteiger partial charge in [0.05, 0.1) is 15.1 Å². The second kappa shape index (κ2) is 7.00. The zero-order chi connectivity index (χ0) is 18.8. The molecular weight excluding hydrogens is 360 g/mol. The highest BCUT2D eigenvalue weighted by molar-refractivity contribution is 7.16. The lowest BCUT2D eigenvalue weighted by molar-refractivity contribution is -0.384. The molecule has 1 aliphatic heterocycles. The van der Waals surface area contributed by atoms with E-state index in [0.29, 0.717) is 21.6 Å². The molecule has 1 saturated heterocycles. The lowest BCUT2D eigenvalue weighted by Gasteiger charge is -2.10. The Balaban J connectivity index is 2.00. The van der Waals surface area contributed by atoms with Gasteiger partial charge in [0.15, 0.2) is 4.80 Å². The lowest BCUT2D eigenvalue weighted by Crippen LogP contribution is -2.34. The number of aromatic nitrogens is 1. The maximum absolute atomic E-state index is 12.2. The number of carbonyl (C=O) groups excluding carboxylic acids is 3. The monoisotopic (exact) mass is 374 g/mol. The Kier molecular flexibility index (Phi) is 4.76. The number of benzene rings is 1. The fourth-order valence-corrected chi connectivity index (χ4v) is 3.73. The van der Waals surface area contributed by atoms with Crippen LogP contribution >= 0.6 is 11.3 Å². The quantitative estimate of drug-likeness (QED) is 0.339. The number of hydrogen-bond donors (Lipinski definition) is 0. The molecule has 0 bridgehead atoms. The van der Waals surface area contributed by atoms with Crippen molar-refractivity contribution in [3.63, 3.8) is 0 Å². The maximum atomic E-state index is 12.2. The van der Waals surface area contributed by atoms with Crippen LogP contribution in [0.3, 0.4) is 0 Å². The van der Waals surface area contributed by atoms with Gasteiger partial charge in [-0.15, -0.1) is 6.58 Å². The Morgan fingerprint density at radius 3 is 2.65 bits per heavy atom. The van der Waals surface area contributed by atoms with Crippen LogP contribution < -0.4 is 4.80 Å². The Bertz CT molecular complexity index is 1000. The van der Waals surface area contributed by atoms with Crippen molar-refractivity contribution < 1.29 is 19.3 Å². The van der Waals surface area contributed by atoms with E-state index in [0.717, 1.165) is 16.2 Å². The maximum Gasteiger partial charge on any atom is 0.270 e. The summed E-state index contributed by atoms with van der Waals surface area (Å²) in [5.74, 6) is -1.40. The minimum atomic E-state index is -0.632. The van der Waals surface area contributed by atoms with Crippen molar-refractivity contribution in [3.05, 3.63) is 45.8 Å². The van der Waals surface area contributed by atoms with Crippen molar-refractivity contribution >= 4 is 45.0 Å². The van der Waals surface area contributed by atoms with Gasteiger partial charge < -0.3 is 4.57 Å². The first-order valence-corrected chi connectivity index (χ1v) is 8.52. The predicted molar refractivity (Wildman–Crippen MR) is 93.2 cm³/mol. The molecule has 0 spiro atoms. The van der Waals surface area contributed by atoms with E-state index in [1.54, 1.807) is 16.7 Å². The van der Waals surface area contributed by atoms with Crippen LogP contribution in [0, 0.1) is 10.1 Å². The van der Waals surface area contributed by atoms with Gasteiger partial charge in [-0.25, -0.2) is 0 Å². The molecule has 3 amide bonds. The van der Waals surface area contributed by atoms with Crippen LogP contribution in [-0.2, 0) is 20.9 Å². The number of amides is 3. The molecule has 1 aromatic carbocycles. The second-order valence-corrected chi connectivity index (χ2v) is 6.58. The summed E-state index contributed by atoms with van der Waals surface area (Å²) in [7, 11) is 0. The summed E-state index contributed by atoms with van der Waals surface area (Å²) < 4.78 is 2.29. The Labute approximate surface area is 151 Å². The van der Waals surface area contributed by atoms with E-state index in [9.17, 15) is 24.5 Å². The van der Waals surface area contributed by atoms with E-state index in [1.807, 2.05) is 0 Å². The normalized spacial score (nSPS) is 15.1. The number of carbonyl (C=O) groups is 3. The van der Waals surface area contributed by atoms with Gasteiger partial charge in [-0.1, -0.05) is 17.4 Å². The molecule has 0 atom stereocenters. The highest BCUT2D eigenvalue weighted by atomic mass is 32.1. The molecule has 26 heavy (non-hydrogen) atoms. The Morgan fingerprint density at radius 2 is 2.04 bits per heavy atom. The van der Waals surface area contributed by atoms with Crippen LogP contribution in [0.15, 0.2) is 35.8 Å². The highest BCUT2D eigenvalue weighted by Gasteiger charge is 2.30. The minimum absolute atomic E-state index is 0.0596. The largest absolute Gasteiger partial charge is 0.312 e. The fourth-order valence-electron chi connectivity index (χ4n) is 2.64. The van der Waals surface area contributed by atoms with Gasteiger partial charge in [-0.2, -0.15) is 4.99 Å². The molecule has 10 heteroatoms. The molecule has 1 aromatic heterocycles. The van der Waals surface area contributed by atoms with Gasteiger partial charge in [0.2, 0.25) is 11.8 Å². The van der Waals surface area contributed by atoms with Gasteiger partial charge >= 0.3 is 0 Å². The first-order chi connectivity index (χ1) is 12.4. The van der Waals surface area contributed by atoms with Gasteiger partial charge in [0.25, 0.3) is 11.6 Å². The number of fused-ring (bicyclic) bond motifs is 1. The van der Waals surface area contributed by atoms with Crippen LogP contribution in [0.4, 0.5) is 5.69 Å². The standard InChI is InChI=1S/C16H14N4O5S/c1-2-7-18-11-4-3-10(20(24)25)8-12(11)26-16(18)17-13(21)9-19-14(22)5-6-15(19)23/h2-4,8H,1,5-7,9H2. The average molecular weight is 374 g/mol. The fraction of sp³-hybridized carbons (Fsp3) is 0.250. The molecule has 0 saturated carbocycles. The van der Waals surface area contributed by atoms with Crippen LogP contribution in [0.5, 0.6) is 0 Å². The smallest absolute Gasteiger partial charge is 0.270 e. The van der Waals surface area contributed by atoms with Crippen molar-refractivity contribution in [3.8, 4) is 0 Å². The summed E-state index contributed by atoms with van der Waals surface area (Å²) in [6.07, 6.45) is 1.83. The summed E-state index contributed by atoms with van der Waals surface area (Å²) in [6.45, 7) is 3.61. The summed E-state index contributed by atoms with van der Waals surface area (Å²) in [5.41, 5.74) is 0.621. The molecular formula is C16H14N4O5S. The number of likely N-dealkylation sites (tertiary alicyclic amines) is 1. The Hall–Kier alpha value is -3.14. The molecule has 0 N–H and O–H groups in total. The van der Waals surface area contributed by atoms with Crippen molar-refractivity contribution in [2.45, 2.75) is 19.4 Å². The first-order valence-electron chi connectivity index (χ1n) is 7.70. The molecule has 9 nitrogen and oxygen atoms in total. The van der Waals surface area contributed by atoms with Gasteiger partial charge in [0, 0.05) is 31.5 Å². The molecule has 1 fully saturated rings. The van der Waals surface area contributed by atoms with Gasteiger partial charge in [-0.3, -0.25) is 29.4 Å². The second-order valence-electron chi connectivity index (χ2n) is 5.57. The molecule has 3 rings (SSSR count). The topological polar surface area (TPSA) is 115 Å². The van der Waals surface area contributed by atoms with Gasteiger partial charge in [-0.05, 0) is 6.07 Å². The number of rotatable bonds is 5. The van der Waals surface area contributed by atoms with Crippen molar-refractivity contribution in [2.24, 2.45) is 4.99 Å². The van der Waals surface area contributed by atoms with E-state index < -0.39 is 17.4 Å². The van der Waals surface area contributed by atoms with E-state index >= 15 is 0 Å². The third kappa shape index (κ3) is 3.31. The summed E-state index contributed by atoms with van der Waals surface area (Å²) >= 11 is 1.12. The number of non-ortho nitro benzene ring substituents is 1. The summed E-state index contributed by atoms with van der Waals surface area (Å²) in [5, 5.41) is 10.9. The van der Waals surface area contributed by atoms with Crippen molar-refractivity contribution in [1.82, 2.24) is 9.47 Å². The van der Waals surface area contributed by atoms with Crippen LogP contribution in [0.1, 0.15) is 12.8 Å². The third-order valence-corrected chi connectivity index (χ3v) is 4.90. The molecule has 2 heterocycles. The SMILES string of the molecule is C=CCn1c(=NC(=O)CN2C(=O)CCC2=O)sc2cc([N+](=O)[O-])ccc21. The molecule has 1 aliphatic rings. The molecule has 134 valence electrons. The summed E-state index contributed by atoms with van der Waals surface area (Å²) in [4.78, 5) is 51.1. The molecule has 2 aromatic rings. The Morgan fingerprint density at radius 1 is 1.35 bits per heavy atom. The predicted octanol–water partition coefficient (Wildman–Crippen LogP) is 1.37. The minimum Gasteiger partial charge on any atom is -0.312 e. The molecule has 0 aliphatic carbocycles. The lowest BCUT2D eigenvalue weighted by atomic mass is 10.3. The van der Waals surface area contributed by atoms with Crippen molar-refractivity contribution in [2.75, 3.05) is 6.54 Å². The van der Waals surface area contributed by atoms with Crippen molar-refractivity contribution in [1.29, 1.82) is 0 Å². The zero-order valence-corrected chi connectivity index (χ0v) is 14.4. The highest BCUT2D eigenvalue weighted by Crippen LogP contribution is 2.23. The number of allylic oxidation sites excluding steroid dienone is 1. The van der Waals surface area contributed by atoms with Gasteiger partial charge in [0.1, 0.15) is 6.54 Å². The average Bonchev–Trinajstić information content (AvgIpc) is 3.09. The van der Waals surface area contributed by atoms with Crippen LogP contribution in [0.2, 0.25) is 0 Å². The number of thiazole rings is 1. The molecule has 0 unspecified atom stereocenters. The number of hydrogen-bond acceptors (Lipinski definition) is 6. The molecule has 0 radical (unpaired) electrons. The zero-order valence-electron chi connectivity index (χ0n) is 13.6. The van der Waals surface area contributed by atoms with E-state index in [2.05, 4.69) is 11.6 Å². The number of nitro benzene ring substituents is 1. The number of imide groups is 1. The van der Waals surface area contributed by atoms with E-state index in [4.69, 9.17) is 0 Å². The van der Waals surface area contributed by atoms with Crippen LogP contribution in [-0.4, -0.2) is 38.7 Å². The first kappa shape index (κ1) is 17.7. The van der Waals surface area contributed by atoms with E-state index in [-0.39, 0.29) is 30.3 Å². The number of nitrogens with zero attached hydrogens (tertiary/aromatic N) is 4. The number of nitro groups is 1. The summed E-state index contributed by atoms with van der Waals surface area (Å²) in [6, 6.07) is 4.38.